The third kappa shape index (κ3) is 8.24. The summed E-state index contributed by atoms with van der Waals surface area (Å²) in [6, 6.07) is 0. The molecule has 98 valence electrons. The number of hydrogen-bond acceptors (Lipinski definition) is 6. The molecule has 0 unspecified atom stereocenters. The molecule has 0 bridgehead atoms. The third-order valence-electron chi connectivity index (χ3n) is 1.43. The smallest absolute Gasteiger partial charge is 0.347 e. The highest BCUT2D eigenvalue weighted by atomic mass is 16.6. The van der Waals surface area contributed by atoms with Crippen molar-refractivity contribution in [2.45, 2.75) is 39.7 Å². The van der Waals surface area contributed by atoms with Crippen LogP contribution in [0.15, 0.2) is 0 Å². The normalized spacial score (nSPS) is 16.6. The van der Waals surface area contributed by atoms with Crippen molar-refractivity contribution < 1.29 is 34.1 Å². The first kappa shape index (κ1) is 9.44. The van der Waals surface area contributed by atoms with E-state index in [2.05, 4.69) is 14.2 Å². The maximum atomic E-state index is 11.5. The molecule has 0 spiro atoms. The molecule has 0 fully saturated rings. The summed E-state index contributed by atoms with van der Waals surface area (Å²) < 4.78 is 43.1. The first-order valence-corrected chi connectivity index (χ1v) is 4.98. The van der Waals surface area contributed by atoms with Crippen molar-refractivity contribution >= 4 is 17.9 Å². The van der Waals surface area contributed by atoms with Crippen LogP contribution in [0.1, 0.15) is 39.0 Å². The molecule has 0 heterocycles. The van der Waals surface area contributed by atoms with Gasteiger partial charge in [0.05, 0.1) is 15.9 Å². The Morgan fingerprint density at radius 1 is 1.29 bits per heavy atom. The summed E-state index contributed by atoms with van der Waals surface area (Å²) in [7, 11) is 0. The molecule has 0 aliphatic rings. The number of hydrogen-bond donors (Lipinski definition) is 0. The molecule has 0 saturated heterocycles. The van der Waals surface area contributed by atoms with Crippen molar-refractivity contribution in [3.63, 3.8) is 0 Å². The van der Waals surface area contributed by atoms with Gasteiger partial charge < -0.3 is 14.2 Å². The molecule has 0 aromatic heterocycles. The maximum Gasteiger partial charge on any atom is 0.347 e. The van der Waals surface area contributed by atoms with Crippen LogP contribution in [0.2, 0.25) is 0 Å². The largest absolute Gasteiger partial charge is 0.466 e. The van der Waals surface area contributed by atoms with Crippen LogP contribution in [0.5, 0.6) is 0 Å². The Bertz CT molecular complexity index is 410. The van der Waals surface area contributed by atoms with Gasteiger partial charge in [0.2, 0.25) is 0 Å². The first-order valence-electron chi connectivity index (χ1n) is 6.98. The lowest BCUT2D eigenvalue weighted by atomic mass is 10.3. The topological polar surface area (TPSA) is 78.9 Å². The van der Waals surface area contributed by atoms with Gasteiger partial charge in [-0.3, -0.25) is 9.59 Å². The van der Waals surface area contributed by atoms with E-state index in [-0.39, 0.29) is 6.61 Å². The van der Waals surface area contributed by atoms with E-state index >= 15 is 0 Å². The van der Waals surface area contributed by atoms with Crippen molar-refractivity contribution in [2.75, 3.05) is 13.2 Å². The van der Waals surface area contributed by atoms with Gasteiger partial charge in [-0.15, -0.1) is 0 Å². The number of carbonyl (C=O) groups is 3. The fraction of sp³-hybridized carbons (Fsp3) is 0.727. The summed E-state index contributed by atoms with van der Waals surface area (Å²) in [4.78, 5) is 33.5. The van der Waals surface area contributed by atoms with Crippen LogP contribution in [0.25, 0.3) is 0 Å². The highest BCUT2D eigenvalue weighted by molar-refractivity contribution is 5.78. The van der Waals surface area contributed by atoms with Gasteiger partial charge in [0.25, 0.3) is 0 Å². The molecule has 0 aliphatic heterocycles. The Balaban J connectivity index is 4.68. The van der Waals surface area contributed by atoms with E-state index in [0.29, 0.717) is 0 Å². The fourth-order valence-electron chi connectivity index (χ4n) is 0.763. The molecule has 0 N–H and O–H groups in total. The second-order valence-corrected chi connectivity index (χ2v) is 2.93. The van der Waals surface area contributed by atoms with Crippen LogP contribution < -0.4 is 0 Å². The van der Waals surface area contributed by atoms with E-state index in [1.165, 1.54) is 6.92 Å². The highest BCUT2D eigenvalue weighted by Gasteiger charge is 2.18. The summed E-state index contributed by atoms with van der Waals surface area (Å²) in [5.41, 5.74) is 0. The van der Waals surface area contributed by atoms with Gasteiger partial charge in [0.1, 0.15) is 0 Å². The highest BCUT2D eigenvalue weighted by Crippen LogP contribution is 2.00. The molecule has 0 aromatic rings. The van der Waals surface area contributed by atoms with E-state index in [1.807, 2.05) is 0 Å². The average molecular weight is 250 g/mol. The lowest BCUT2D eigenvalue weighted by Gasteiger charge is -2.11. The predicted octanol–water partition coefficient (Wildman–Crippen LogP) is 0.825. The molecule has 0 rings (SSSR count). The molecular weight excluding hydrogens is 228 g/mol. The van der Waals surface area contributed by atoms with E-state index in [9.17, 15) is 14.4 Å². The summed E-state index contributed by atoms with van der Waals surface area (Å²) in [5.74, 6) is -2.98. The van der Waals surface area contributed by atoms with Gasteiger partial charge in [0.15, 0.2) is 6.10 Å². The van der Waals surface area contributed by atoms with Gasteiger partial charge in [-0.25, -0.2) is 4.79 Å². The first-order chi connectivity index (χ1) is 9.43. The Morgan fingerprint density at radius 2 is 1.94 bits per heavy atom. The number of ether oxygens (including phenoxy) is 3. The SMILES string of the molecule is [2H]C([2H])(CC(=O)O[C@@H](C)C(=O)OCC)C([2H])([2H])OC(C)=O. The zero-order chi connectivity index (χ0) is 16.8. The zero-order valence-corrected chi connectivity index (χ0v) is 9.94. The second kappa shape index (κ2) is 8.55. The van der Waals surface area contributed by atoms with Crippen molar-refractivity contribution in [1.29, 1.82) is 0 Å². The van der Waals surface area contributed by atoms with Crippen LogP contribution in [-0.2, 0) is 28.6 Å². The molecule has 0 amide bonds. The lowest BCUT2D eigenvalue weighted by molar-refractivity contribution is -0.166. The van der Waals surface area contributed by atoms with Crippen LogP contribution >= 0.6 is 0 Å². The van der Waals surface area contributed by atoms with E-state index < -0.39 is 43.4 Å². The van der Waals surface area contributed by atoms with Crippen LogP contribution in [0.4, 0.5) is 0 Å². The standard InChI is InChI=1S/C11H18O6/c1-4-15-11(14)8(2)17-10(13)6-5-7-16-9(3)12/h8H,4-7H2,1-3H3/t8-/m0/s1/i5D2,7D2. The molecule has 0 saturated carbocycles. The molecule has 0 radical (unpaired) electrons. The van der Waals surface area contributed by atoms with Gasteiger partial charge in [0, 0.05) is 16.1 Å². The monoisotopic (exact) mass is 250 g/mol. The van der Waals surface area contributed by atoms with Crippen molar-refractivity contribution in [2.24, 2.45) is 0 Å². The molecule has 0 aliphatic carbocycles. The van der Waals surface area contributed by atoms with Crippen LogP contribution in [-0.4, -0.2) is 37.2 Å². The summed E-state index contributed by atoms with van der Waals surface area (Å²) in [5, 5.41) is 0. The average Bonchev–Trinajstić information content (AvgIpc) is 2.25. The molecule has 17 heavy (non-hydrogen) atoms. The fourth-order valence-corrected chi connectivity index (χ4v) is 0.763. The molecular formula is C11H18O6. The van der Waals surface area contributed by atoms with Crippen molar-refractivity contribution in [1.82, 2.24) is 0 Å². The van der Waals surface area contributed by atoms with Gasteiger partial charge in [-0.1, -0.05) is 0 Å². The number of esters is 3. The molecule has 6 nitrogen and oxygen atoms in total. The number of carbonyl (C=O) groups excluding carboxylic acids is 3. The van der Waals surface area contributed by atoms with Crippen LogP contribution in [0, 0.1) is 0 Å². The minimum absolute atomic E-state index is 0.0938. The molecule has 6 heteroatoms. The minimum atomic E-state index is -3.01. The van der Waals surface area contributed by atoms with Crippen molar-refractivity contribution in [3.05, 3.63) is 0 Å². The Labute approximate surface area is 106 Å². The summed E-state index contributed by atoms with van der Waals surface area (Å²) >= 11 is 0. The third-order valence-corrected chi connectivity index (χ3v) is 1.43. The number of rotatable bonds is 7. The Morgan fingerprint density at radius 3 is 2.47 bits per heavy atom. The second-order valence-electron chi connectivity index (χ2n) is 2.93. The van der Waals surface area contributed by atoms with Crippen molar-refractivity contribution in [3.8, 4) is 0 Å². The summed E-state index contributed by atoms with van der Waals surface area (Å²) in [6.45, 7) is 0.807. The quantitative estimate of drug-likeness (QED) is 0.492. The summed E-state index contributed by atoms with van der Waals surface area (Å²) in [6.07, 6.45) is -5.09. The van der Waals surface area contributed by atoms with E-state index in [4.69, 9.17) is 5.48 Å². The zero-order valence-electron chi connectivity index (χ0n) is 13.9. The Hall–Kier alpha value is -1.59. The van der Waals surface area contributed by atoms with Gasteiger partial charge in [-0.05, 0) is 20.2 Å². The maximum absolute atomic E-state index is 11.5. The lowest BCUT2D eigenvalue weighted by Crippen LogP contribution is -2.26. The Kier molecular flexibility index (Phi) is 4.75. The predicted molar refractivity (Wildman–Crippen MR) is 58.1 cm³/mol. The van der Waals surface area contributed by atoms with Gasteiger partial charge >= 0.3 is 17.9 Å². The minimum Gasteiger partial charge on any atom is -0.466 e. The van der Waals surface area contributed by atoms with E-state index in [1.54, 1.807) is 6.92 Å². The van der Waals surface area contributed by atoms with Crippen LogP contribution in [0.3, 0.4) is 0 Å². The molecule has 1 atom stereocenters. The molecule has 0 aromatic carbocycles. The van der Waals surface area contributed by atoms with E-state index in [0.717, 1.165) is 6.92 Å². The van der Waals surface area contributed by atoms with Gasteiger partial charge in [-0.2, -0.15) is 0 Å².